The molecule has 0 saturated heterocycles. The van der Waals surface area contributed by atoms with Gasteiger partial charge in [0.05, 0.1) is 6.42 Å². The van der Waals surface area contributed by atoms with E-state index in [-0.39, 0.29) is 6.42 Å². The second-order valence-electron chi connectivity index (χ2n) is 4.49. The van der Waals surface area contributed by atoms with Gasteiger partial charge >= 0.3 is 5.97 Å². The van der Waals surface area contributed by atoms with E-state index in [9.17, 15) is 4.79 Å². The van der Waals surface area contributed by atoms with Gasteiger partial charge in [-0.1, -0.05) is 28.9 Å². The molecule has 0 unspecified atom stereocenters. The number of hydrogen-bond donors (Lipinski definition) is 1. The lowest BCUT2D eigenvalue weighted by molar-refractivity contribution is -0.136. The van der Waals surface area contributed by atoms with Gasteiger partial charge in [0, 0.05) is 24.2 Å². The third kappa shape index (κ3) is 3.99. The molecule has 2 rings (SSSR count). The van der Waals surface area contributed by atoms with Crippen LogP contribution in [0.5, 0.6) is 0 Å². The highest BCUT2D eigenvalue weighted by atomic mass is 35.5. The number of rotatable bonds is 6. The van der Waals surface area contributed by atoms with Gasteiger partial charge in [-0.15, -0.1) is 0 Å². The molecule has 106 valence electrons. The largest absolute Gasteiger partial charge is 0.481 e. The van der Waals surface area contributed by atoms with Gasteiger partial charge in [-0.25, -0.2) is 0 Å². The first-order chi connectivity index (χ1) is 9.54. The monoisotopic (exact) mass is 294 g/mol. The molecule has 0 amide bonds. The van der Waals surface area contributed by atoms with Crippen LogP contribution in [0.2, 0.25) is 5.02 Å². The Bertz CT molecular complexity index is 598. The molecule has 0 bridgehead atoms. The van der Waals surface area contributed by atoms with Crippen LogP contribution in [0.3, 0.4) is 0 Å². The van der Waals surface area contributed by atoms with E-state index in [0.29, 0.717) is 29.7 Å². The highest BCUT2D eigenvalue weighted by molar-refractivity contribution is 6.30. The number of carboxylic acid groups (broad SMARTS) is 1. The number of halogens is 1. The molecule has 0 aliphatic rings. The maximum absolute atomic E-state index is 10.8. The zero-order chi connectivity index (χ0) is 14.5. The van der Waals surface area contributed by atoms with Crippen molar-refractivity contribution < 1.29 is 14.4 Å². The van der Waals surface area contributed by atoms with E-state index in [1.165, 1.54) is 0 Å². The number of carbonyl (C=O) groups is 1. The summed E-state index contributed by atoms with van der Waals surface area (Å²) >= 11 is 5.96. The summed E-state index contributed by atoms with van der Waals surface area (Å²) in [5.41, 5.74) is 0.989. The van der Waals surface area contributed by atoms with Crippen LogP contribution in [0, 0.1) is 6.92 Å². The Labute approximate surface area is 121 Å². The lowest BCUT2D eigenvalue weighted by Gasteiger charge is -2.21. The topological polar surface area (TPSA) is 66.6 Å². The molecule has 0 atom stereocenters. The van der Waals surface area contributed by atoms with Crippen LogP contribution < -0.4 is 4.90 Å². The lowest BCUT2D eigenvalue weighted by atomic mass is 10.2. The average molecular weight is 295 g/mol. The smallest absolute Gasteiger partial charge is 0.305 e. The van der Waals surface area contributed by atoms with E-state index in [1.807, 2.05) is 23.1 Å². The number of hydrogen-bond acceptors (Lipinski definition) is 4. The van der Waals surface area contributed by atoms with Gasteiger partial charge in [0.15, 0.2) is 5.82 Å². The summed E-state index contributed by atoms with van der Waals surface area (Å²) in [6, 6.07) is 9.23. The Morgan fingerprint density at radius 2 is 2.25 bits per heavy atom. The first-order valence-corrected chi connectivity index (χ1v) is 6.57. The first-order valence-electron chi connectivity index (χ1n) is 6.19. The third-order valence-corrected chi connectivity index (χ3v) is 3.03. The van der Waals surface area contributed by atoms with Gasteiger partial charge in [-0.3, -0.25) is 4.79 Å². The van der Waals surface area contributed by atoms with Crippen LogP contribution in [0.4, 0.5) is 5.82 Å². The van der Waals surface area contributed by atoms with Gasteiger partial charge in [0.2, 0.25) is 0 Å². The Morgan fingerprint density at radius 3 is 2.85 bits per heavy atom. The molecule has 0 spiro atoms. The Balaban J connectivity index is 2.15. The van der Waals surface area contributed by atoms with Crippen LogP contribution >= 0.6 is 11.6 Å². The standard InChI is InChI=1S/C14H15ClN2O3/c1-10-7-13(16-20-10)17(6-5-14(18)19)9-11-3-2-4-12(15)8-11/h2-4,7-8H,5-6,9H2,1H3,(H,18,19). The van der Waals surface area contributed by atoms with Crippen molar-refractivity contribution in [3.63, 3.8) is 0 Å². The number of anilines is 1. The summed E-state index contributed by atoms with van der Waals surface area (Å²) in [6.45, 7) is 2.68. The van der Waals surface area contributed by atoms with E-state index < -0.39 is 5.97 Å². The first kappa shape index (κ1) is 14.4. The molecule has 1 aromatic carbocycles. The minimum atomic E-state index is -0.846. The summed E-state index contributed by atoms with van der Waals surface area (Å²) in [5, 5.41) is 13.4. The van der Waals surface area contributed by atoms with Crippen molar-refractivity contribution in [1.29, 1.82) is 0 Å². The second-order valence-corrected chi connectivity index (χ2v) is 4.93. The quantitative estimate of drug-likeness (QED) is 0.886. The second kappa shape index (κ2) is 6.43. The van der Waals surface area contributed by atoms with Gasteiger partial charge in [-0.2, -0.15) is 0 Å². The van der Waals surface area contributed by atoms with Crippen LogP contribution in [0.15, 0.2) is 34.9 Å². The van der Waals surface area contributed by atoms with Crippen molar-refractivity contribution in [3.8, 4) is 0 Å². The minimum Gasteiger partial charge on any atom is -0.481 e. The minimum absolute atomic E-state index is 0.0342. The number of aromatic nitrogens is 1. The maximum atomic E-state index is 10.8. The van der Waals surface area contributed by atoms with Crippen LogP contribution in [-0.4, -0.2) is 22.8 Å². The zero-order valence-electron chi connectivity index (χ0n) is 11.0. The zero-order valence-corrected chi connectivity index (χ0v) is 11.8. The highest BCUT2D eigenvalue weighted by Crippen LogP contribution is 2.19. The molecular formula is C14H15ClN2O3. The molecule has 20 heavy (non-hydrogen) atoms. The maximum Gasteiger partial charge on any atom is 0.305 e. The molecular weight excluding hydrogens is 280 g/mol. The van der Waals surface area contributed by atoms with Crippen molar-refractivity contribution in [2.75, 3.05) is 11.4 Å². The molecule has 0 aliphatic heterocycles. The molecule has 1 N–H and O–H groups in total. The van der Waals surface area contributed by atoms with Gasteiger partial charge in [-0.05, 0) is 24.6 Å². The van der Waals surface area contributed by atoms with E-state index in [1.54, 1.807) is 19.1 Å². The molecule has 1 heterocycles. The fraction of sp³-hybridized carbons (Fsp3) is 0.286. The molecule has 0 saturated carbocycles. The van der Waals surface area contributed by atoms with Crippen LogP contribution in [0.25, 0.3) is 0 Å². The van der Waals surface area contributed by atoms with Gasteiger partial charge < -0.3 is 14.5 Å². The lowest BCUT2D eigenvalue weighted by Crippen LogP contribution is -2.26. The van der Waals surface area contributed by atoms with E-state index in [4.69, 9.17) is 21.2 Å². The highest BCUT2D eigenvalue weighted by Gasteiger charge is 2.13. The van der Waals surface area contributed by atoms with Crippen molar-refractivity contribution in [2.24, 2.45) is 0 Å². The number of benzene rings is 1. The van der Waals surface area contributed by atoms with Crippen molar-refractivity contribution in [3.05, 3.63) is 46.7 Å². The predicted octanol–water partition coefficient (Wildman–Crippen LogP) is 3.12. The summed E-state index contributed by atoms with van der Waals surface area (Å²) in [4.78, 5) is 12.6. The summed E-state index contributed by atoms with van der Waals surface area (Å²) in [5.74, 6) is 0.469. The van der Waals surface area contributed by atoms with Crippen molar-refractivity contribution in [1.82, 2.24) is 5.16 Å². The predicted molar refractivity (Wildman–Crippen MR) is 76.0 cm³/mol. The van der Waals surface area contributed by atoms with Gasteiger partial charge in [0.25, 0.3) is 0 Å². The molecule has 5 nitrogen and oxygen atoms in total. The number of nitrogens with zero attached hydrogens (tertiary/aromatic N) is 2. The summed E-state index contributed by atoms with van der Waals surface area (Å²) < 4.78 is 5.05. The normalized spacial score (nSPS) is 10.5. The van der Waals surface area contributed by atoms with E-state index in [0.717, 1.165) is 5.56 Å². The summed E-state index contributed by atoms with van der Waals surface area (Å²) in [7, 11) is 0. The fourth-order valence-electron chi connectivity index (χ4n) is 1.86. The SMILES string of the molecule is Cc1cc(N(CCC(=O)O)Cc2cccc(Cl)c2)no1. The van der Waals surface area contributed by atoms with Crippen LogP contribution in [-0.2, 0) is 11.3 Å². The van der Waals surface area contributed by atoms with E-state index >= 15 is 0 Å². The Morgan fingerprint density at radius 1 is 1.45 bits per heavy atom. The van der Waals surface area contributed by atoms with Crippen molar-refractivity contribution in [2.45, 2.75) is 19.9 Å². The number of carboxylic acids is 1. The molecule has 1 aromatic heterocycles. The fourth-order valence-corrected chi connectivity index (χ4v) is 2.08. The molecule has 6 heteroatoms. The third-order valence-electron chi connectivity index (χ3n) is 2.80. The Kier molecular flexibility index (Phi) is 4.63. The number of aliphatic carboxylic acids is 1. The van der Waals surface area contributed by atoms with Gasteiger partial charge in [0.1, 0.15) is 5.76 Å². The molecule has 2 aromatic rings. The average Bonchev–Trinajstić information content (AvgIpc) is 2.81. The molecule has 0 radical (unpaired) electrons. The number of aryl methyl sites for hydroxylation is 1. The summed E-state index contributed by atoms with van der Waals surface area (Å²) in [6.07, 6.45) is 0.0342. The van der Waals surface area contributed by atoms with Crippen molar-refractivity contribution >= 4 is 23.4 Å². The van der Waals surface area contributed by atoms with E-state index in [2.05, 4.69) is 5.16 Å². The molecule has 0 aliphatic carbocycles. The Hall–Kier alpha value is -2.01. The van der Waals surface area contributed by atoms with Crippen LogP contribution in [0.1, 0.15) is 17.7 Å². The molecule has 0 fully saturated rings.